The van der Waals surface area contributed by atoms with Gasteiger partial charge in [-0.05, 0) is 75.6 Å². The summed E-state index contributed by atoms with van der Waals surface area (Å²) in [5, 5.41) is 9.94. The molecule has 2 aliphatic rings. The number of benzene rings is 1. The quantitative estimate of drug-likeness (QED) is 0.752. The Bertz CT molecular complexity index is 887. The van der Waals surface area contributed by atoms with Gasteiger partial charge in [-0.1, -0.05) is 24.3 Å². The SMILES string of the molecule is C=C(C)c1ccc(C)c(C2=C(OC(=O)OCC)C3(CCC(O)CC3)OC2=O)c1C. The Kier molecular flexibility index (Phi) is 5.85. The van der Waals surface area contributed by atoms with Gasteiger partial charge in [0, 0.05) is 0 Å². The highest BCUT2D eigenvalue weighted by Crippen LogP contribution is 2.48. The number of hydrogen-bond acceptors (Lipinski definition) is 6. The van der Waals surface area contributed by atoms with Gasteiger partial charge in [0.2, 0.25) is 0 Å². The van der Waals surface area contributed by atoms with Gasteiger partial charge < -0.3 is 19.3 Å². The third-order valence-electron chi connectivity index (χ3n) is 5.73. The summed E-state index contributed by atoms with van der Waals surface area (Å²) >= 11 is 0. The molecule has 0 radical (unpaired) electrons. The molecular weight excluding hydrogens is 372 g/mol. The lowest BCUT2D eigenvalue weighted by Crippen LogP contribution is -2.39. The van der Waals surface area contributed by atoms with E-state index in [2.05, 4.69) is 6.58 Å². The van der Waals surface area contributed by atoms with E-state index in [-0.39, 0.29) is 17.9 Å². The molecule has 1 spiro atoms. The van der Waals surface area contributed by atoms with Gasteiger partial charge in [0.05, 0.1) is 12.7 Å². The molecule has 0 unspecified atom stereocenters. The molecule has 6 nitrogen and oxygen atoms in total. The van der Waals surface area contributed by atoms with Crippen LogP contribution in [0.15, 0.2) is 24.5 Å². The largest absolute Gasteiger partial charge is 0.513 e. The molecule has 3 rings (SSSR count). The Labute approximate surface area is 171 Å². The van der Waals surface area contributed by atoms with Gasteiger partial charge in [0.25, 0.3) is 0 Å². The number of esters is 1. The van der Waals surface area contributed by atoms with E-state index in [9.17, 15) is 14.7 Å². The maximum atomic E-state index is 13.1. The average molecular weight is 400 g/mol. The molecule has 0 amide bonds. The van der Waals surface area contributed by atoms with Crippen molar-refractivity contribution < 1.29 is 28.9 Å². The number of aliphatic hydroxyl groups is 1. The molecule has 1 aliphatic carbocycles. The predicted molar refractivity (Wildman–Crippen MR) is 109 cm³/mol. The first kappa shape index (κ1) is 21.1. The fraction of sp³-hybridized carbons (Fsp3) is 0.478. The normalized spacial score (nSPS) is 23.9. The van der Waals surface area contributed by atoms with Crippen LogP contribution in [0.2, 0.25) is 0 Å². The lowest BCUT2D eigenvalue weighted by atomic mass is 9.80. The zero-order valence-electron chi connectivity index (χ0n) is 17.5. The van der Waals surface area contributed by atoms with E-state index < -0.39 is 23.8 Å². The molecule has 1 fully saturated rings. The van der Waals surface area contributed by atoms with Gasteiger partial charge >= 0.3 is 12.1 Å². The maximum absolute atomic E-state index is 13.1. The van der Waals surface area contributed by atoms with Crippen molar-refractivity contribution in [2.45, 2.75) is 65.1 Å². The molecule has 0 bridgehead atoms. The Morgan fingerprint density at radius 3 is 2.55 bits per heavy atom. The van der Waals surface area contributed by atoms with E-state index in [0.717, 1.165) is 22.3 Å². The van der Waals surface area contributed by atoms with Crippen LogP contribution in [-0.4, -0.2) is 35.5 Å². The molecule has 1 aromatic carbocycles. The van der Waals surface area contributed by atoms with E-state index in [0.29, 0.717) is 31.2 Å². The van der Waals surface area contributed by atoms with Crippen molar-refractivity contribution in [3.63, 3.8) is 0 Å². The minimum atomic E-state index is -1.06. The lowest BCUT2D eigenvalue weighted by molar-refractivity contribution is -0.151. The topological polar surface area (TPSA) is 82.1 Å². The summed E-state index contributed by atoms with van der Waals surface area (Å²) in [4.78, 5) is 25.3. The average Bonchev–Trinajstić information content (AvgIpc) is 2.90. The number of rotatable bonds is 4. The fourth-order valence-corrected chi connectivity index (χ4v) is 4.28. The lowest BCUT2D eigenvalue weighted by Gasteiger charge is -2.35. The standard InChI is InChI=1S/C23H28O6/c1-6-27-22(26)28-20-19(18-14(4)7-8-17(13(2)3)15(18)5)21(25)29-23(20)11-9-16(24)10-12-23/h7-8,16,24H,2,6,9-12H2,1,3-5H3. The molecule has 29 heavy (non-hydrogen) atoms. The summed E-state index contributed by atoms with van der Waals surface area (Å²) in [7, 11) is 0. The second kappa shape index (κ2) is 8.03. The molecule has 156 valence electrons. The van der Waals surface area contributed by atoms with E-state index >= 15 is 0 Å². The molecule has 0 atom stereocenters. The Balaban J connectivity index is 2.21. The van der Waals surface area contributed by atoms with Crippen LogP contribution in [0.4, 0.5) is 4.79 Å². The van der Waals surface area contributed by atoms with Gasteiger partial charge in [-0.25, -0.2) is 9.59 Å². The van der Waals surface area contributed by atoms with Crippen molar-refractivity contribution >= 4 is 23.3 Å². The molecule has 1 heterocycles. The van der Waals surface area contributed by atoms with Crippen LogP contribution in [0.1, 0.15) is 61.8 Å². The van der Waals surface area contributed by atoms with Crippen LogP contribution < -0.4 is 0 Å². The minimum Gasteiger partial charge on any atom is -0.447 e. The Hall–Kier alpha value is -2.60. The number of hydrogen-bond donors (Lipinski definition) is 1. The number of ether oxygens (including phenoxy) is 3. The Morgan fingerprint density at radius 2 is 1.97 bits per heavy atom. The van der Waals surface area contributed by atoms with Crippen molar-refractivity contribution in [3.05, 3.63) is 46.7 Å². The van der Waals surface area contributed by atoms with Crippen LogP contribution in [0.5, 0.6) is 0 Å². The van der Waals surface area contributed by atoms with Crippen molar-refractivity contribution in [2.24, 2.45) is 0 Å². The molecule has 6 heteroatoms. The van der Waals surface area contributed by atoms with E-state index in [1.165, 1.54) is 0 Å². The van der Waals surface area contributed by atoms with Crippen LogP contribution in [0, 0.1) is 13.8 Å². The highest BCUT2D eigenvalue weighted by atomic mass is 16.7. The first-order valence-corrected chi connectivity index (χ1v) is 9.97. The van der Waals surface area contributed by atoms with Crippen LogP contribution in [0.25, 0.3) is 11.1 Å². The number of aryl methyl sites for hydroxylation is 1. The van der Waals surface area contributed by atoms with Crippen molar-refractivity contribution in [1.29, 1.82) is 0 Å². The maximum Gasteiger partial charge on any atom is 0.513 e. The van der Waals surface area contributed by atoms with Crippen LogP contribution in [0.3, 0.4) is 0 Å². The summed E-state index contributed by atoms with van der Waals surface area (Å²) in [6.07, 6.45) is 0.366. The predicted octanol–water partition coefficient (Wildman–Crippen LogP) is 4.45. The molecule has 1 N–H and O–H groups in total. The van der Waals surface area contributed by atoms with Gasteiger partial charge in [0.1, 0.15) is 5.57 Å². The summed E-state index contributed by atoms with van der Waals surface area (Å²) in [5.74, 6) is -0.330. The highest BCUT2D eigenvalue weighted by molar-refractivity contribution is 6.21. The van der Waals surface area contributed by atoms with Crippen LogP contribution >= 0.6 is 0 Å². The van der Waals surface area contributed by atoms with Crippen LogP contribution in [-0.2, 0) is 19.0 Å². The van der Waals surface area contributed by atoms with Gasteiger partial charge in [-0.2, -0.15) is 0 Å². The first-order chi connectivity index (χ1) is 13.7. The minimum absolute atomic E-state index is 0.158. The summed E-state index contributed by atoms with van der Waals surface area (Å²) < 4.78 is 16.4. The summed E-state index contributed by atoms with van der Waals surface area (Å²) in [5.41, 5.74) is 3.45. The number of carbonyl (C=O) groups excluding carboxylic acids is 2. The van der Waals surface area contributed by atoms with E-state index in [1.807, 2.05) is 32.9 Å². The number of aliphatic hydroxyl groups excluding tert-OH is 1. The third kappa shape index (κ3) is 3.81. The smallest absolute Gasteiger partial charge is 0.447 e. The van der Waals surface area contributed by atoms with Crippen molar-refractivity contribution in [1.82, 2.24) is 0 Å². The van der Waals surface area contributed by atoms with Gasteiger partial charge in [-0.15, -0.1) is 0 Å². The summed E-state index contributed by atoms with van der Waals surface area (Å²) in [6.45, 7) is 11.6. The monoisotopic (exact) mass is 400 g/mol. The molecule has 1 aromatic rings. The fourth-order valence-electron chi connectivity index (χ4n) is 4.28. The zero-order valence-corrected chi connectivity index (χ0v) is 17.5. The van der Waals surface area contributed by atoms with E-state index in [4.69, 9.17) is 14.2 Å². The Morgan fingerprint density at radius 1 is 1.31 bits per heavy atom. The molecular formula is C23H28O6. The summed E-state index contributed by atoms with van der Waals surface area (Å²) in [6, 6.07) is 3.89. The molecule has 0 aromatic heterocycles. The van der Waals surface area contributed by atoms with Crippen molar-refractivity contribution in [3.8, 4) is 0 Å². The van der Waals surface area contributed by atoms with E-state index in [1.54, 1.807) is 6.92 Å². The third-order valence-corrected chi connectivity index (χ3v) is 5.73. The second-order valence-electron chi connectivity index (χ2n) is 7.81. The highest BCUT2D eigenvalue weighted by Gasteiger charge is 2.53. The van der Waals surface area contributed by atoms with Crippen molar-refractivity contribution in [2.75, 3.05) is 6.61 Å². The second-order valence-corrected chi connectivity index (χ2v) is 7.81. The molecule has 1 aliphatic heterocycles. The first-order valence-electron chi connectivity index (χ1n) is 9.97. The zero-order chi connectivity index (χ0) is 21.3. The van der Waals surface area contributed by atoms with Gasteiger partial charge in [0.15, 0.2) is 11.4 Å². The molecule has 0 saturated heterocycles. The van der Waals surface area contributed by atoms with Gasteiger partial charge in [-0.3, -0.25) is 0 Å². The molecule has 1 saturated carbocycles. The number of allylic oxidation sites excluding steroid dienone is 1. The number of carbonyl (C=O) groups is 2.